The van der Waals surface area contributed by atoms with Crippen molar-refractivity contribution in [1.82, 2.24) is 0 Å². The van der Waals surface area contributed by atoms with Crippen LogP contribution in [-0.2, 0) is 0 Å². The summed E-state index contributed by atoms with van der Waals surface area (Å²) in [6.07, 6.45) is 6.14. The Morgan fingerprint density at radius 1 is 1.36 bits per heavy atom. The van der Waals surface area contributed by atoms with Crippen molar-refractivity contribution in [3.8, 4) is 0 Å². The molecule has 0 bridgehead atoms. The zero-order valence-electron chi connectivity index (χ0n) is 8.48. The van der Waals surface area contributed by atoms with Crippen molar-refractivity contribution in [2.24, 2.45) is 0 Å². The predicted molar refractivity (Wildman–Crippen MR) is 59.1 cm³/mol. The fraction of sp³-hybridized carbons (Fsp3) is 0.385. The van der Waals surface area contributed by atoms with Crippen LogP contribution in [-0.4, -0.2) is 11.2 Å². The Morgan fingerprint density at radius 2 is 2.07 bits per heavy atom. The van der Waals surface area contributed by atoms with Crippen LogP contribution in [0.5, 0.6) is 0 Å². The summed E-state index contributed by atoms with van der Waals surface area (Å²) in [5, 5.41) is 9.17. The fourth-order valence-corrected chi connectivity index (χ4v) is 1.67. The smallest absolute Gasteiger partial charge is 0.0696 e. The summed E-state index contributed by atoms with van der Waals surface area (Å²) in [5.41, 5.74) is 2.69. The third kappa shape index (κ3) is 2.24. The normalized spacial score (nSPS) is 18.7. The number of rotatable bonds is 3. The molecule has 1 heteroatoms. The Kier molecular flexibility index (Phi) is 2.69. The van der Waals surface area contributed by atoms with Gasteiger partial charge in [0.05, 0.1) is 6.10 Å². The Bertz CT molecular complexity index is 335. The van der Waals surface area contributed by atoms with Gasteiger partial charge in [0.25, 0.3) is 0 Å². The maximum absolute atomic E-state index is 9.17. The number of hydrogen-bond acceptors (Lipinski definition) is 1. The van der Waals surface area contributed by atoms with Crippen molar-refractivity contribution < 1.29 is 5.11 Å². The summed E-state index contributed by atoms with van der Waals surface area (Å²) in [5.74, 6) is 0.768. The molecule has 0 aromatic heterocycles. The zero-order chi connectivity index (χ0) is 9.97. The summed E-state index contributed by atoms with van der Waals surface area (Å²) in [4.78, 5) is 0. The third-order valence-corrected chi connectivity index (χ3v) is 2.57. The molecule has 0 spiro atoms. The molecule has 1 atom stereocenters. The summed E-state index contributed by atoms with van der Waals surface area (Å²) < 4.78 is 0. The molecule has 1 aromatic carbocycles. The van der Waals surface area contributed by atoms with Gasteiger partial charge in [0.1, 0.15) is 0 Å². The highest BCUT2D eigenvalue weighted by Crippen LogP contribution is 2.41. The summed E-state index contributed by atoms with van der Waals surface area (Å²) in [6.45, 7) is 1.77. The summed E-state index contributed by atoms with van der Waals surface area (Å²) in [7, 11) is 0. The molecule has 0 saturated heterocycles. The monoisotopic (exact) mass is 188 g/mol. The van der Waals surface area contributed by atoms with E-state index in [0.717, 1.165) is 5.92 Å². The van der Waals surface area contributed by atoms with Crippen LogP contribution >= 0.6 is 0 Å². The van der Waals surface area contributed by atoms with Crippen molar-refractivity contribution in [1.29, 1.82) is 0 Å². The van der Waals surface area contributed by atoms with Crippen LogP contribution in [0.15, 0.2) is 30.3 Å². The molecule has 0 amide bonds. The molecule has 1 nitrogen and oxygen atoms in total. The van der Waals surface area contributed by atoms with Gasteiger partial charge in [-0.3, -0.25) is 0 Å². The Balaban J connectivity index is 2.22. The molecule has 14 heavy (non-hydrogen) atoms. The van der Waals surface area contributed by atoms with Gasteiger partial charge in [0.15, 0.2) is 0 Å². The van der Waals surface area contributed by atoms with Gasteiger partial charge in [-0.15, -0.1) is 0 Å². The van der Waals surface area contributed by atoms with Crippen molar-refractivity contribution in [3.63, 3.8) is 0 Å². The average Bonchev–Trinajstić information content (AvgIpc) is 2.98. The first-order chi connectivity index (χ1) is 6.77. The first kappa shape index (κ1) is 9.47. The molecule has 0 radical (unpaired) electrons. The van der Waals surface area contributed by atoms with Gasteiger partial charge >= 0.3 is 0 Å². The average molecular weight is 188 g/mol. The maximum Gasteiger partial charge on any atom is 0.0696 e. The van der Waals surface area contributed by atoms with E-state index in [4.69, 9.17) is 0 Å². The van der Waals surface area contributed by atoms with E-state index >= 15 is 0 Å². The molecule has 0 aliphatic heterocycles. The van der Waals surface area contributed by atoms with Gasteiger partial charge in [0, 0.05) is 0 Å². The van der Waals surface area contributed by atoms with Gasteiger partial charge in [-0.25, -0.2) is 0 Å². The molecular formula is C13H16O. The lowest BCUT2D eigenvalue weighted by atomic mass is 10.0. The highest BCUT2D eigenvalue weighted by Gasteiger charge is 2.24. The predicted octanol–water partition coefficient (Wildman–Crippen LogP) is 2.96. The van der Waals surface area contributed by atoms with Gasteiger partial charge in [0.2, 0.25) is 0 Å². The van der Waals surface area contributed by atoms with Gasteiger partial charge in [-0.2, -0.15) is 0 Å². The van der Waals surface area contributed by atoms with E-state index in [2.05, 4.69) is 18.2 Å². The van der Waals surface area contributed by atoms with Crippen LogP contribution in [0.3, 0.4) is 0 Å². The molecule has 2 rings (SSSR count). The first-order valence-electron chi connectivity index (χ1n) is 5.22. The molecule has 1 fully saturated rings. The van der Waals surface area contributed by atoms with Crippen LogP contribution in [0.25, 0.3) is 6.08 Å². The van der Waals surface area contributed by atoms with E-state index in [-0.39, 0.29) is 6.10 Å². The number of hydrogen-bond donors (Lipinski definition) is 1. The van der Waals surface area contributed by atoms with Crippen molar-refractivity contribution >= 4 is 6.08 Å². The molecule has 1 aromatic rings. The topological polar surface area (TPSA) is 20.2 Å². The highest BCUT2D eigenvalue weighted by molar-refractivity contribution is 5.55. The second kappa shape index (κ2) is 3.97. The van der Waals surface area contributed by atoms with E-state index in [1.165, 1.54) is 24.0 Å². The van der Waals surface area contributed by atoms with Gasteiger partial charge in [-0.1, -0.05) is 36.4 Å². The molecule has 1 saturated carbocycles. The number of benzene rings is 1. The number of aliphatic hydroxyl groups excluding tert-OH is 1. The van der Waals surface area contributed by atoms with E-state index in [1.54, 1.807) is 6.92 Å². The van der Waals surface area contributed by atoms with Crippen LogP contribution in [0.1, 0.15) is 36.8 Å². The third-order valence-electron chi connectivity index (χ3n) is 2.57. The molecule has 1 aliphatic rings. The molecule has 0 heterocycles. The molecule has 1 N–H and O–H groups in total. The van der Waals surface area contributed by atoms with Crippen LogP contribution < -0.4 is 0 Å². The molecule has 1 unspecified atom stereocenters. The highest BCUT2D eigenvalue weighted by atomic mass is 16.3. The molecule has 74 valence electrons. The minimum Gasteiger partial charge on any atom is -0.389 e. The quantitative estimate of drug-likeness (QED) is 0.773. The lowest BCUT2D eigenvalue weighted by molar-refractivity contribution is 0.245. The second-order valence-electron chi connectivity index (χ2n) is 4.00. The Hall–Kier alpha value is -1.08. The Morgan fingerprint density at radius 3 is 2.71 bits per heavy atom. The van der Waals surface area contributed by atoms with Gasteiger partial charge in [-0.05, 0) is 36.8 Å². The maximum atomic E-state index is 9.17. The van der Waals surface area contributed by atoms with Crippen LogP contribution in [0.4, 0.5) is 0 Å². The van der Waals surface area contributed by atoms with E-state index < -0.39 is 0 Å². The minimum atomic E-state index is -0.359. The summed E-state index contributed by atoms with van der Waals surface area (Å²) in [6, 6.07) is 8.45. The molecule has 1 aliphatic carbocycles. The van der Waals surface area contributed by atoms with E-state index in [1.807, 2.05) is 18.2 Å². The zero-order valence-corrected chi connectivity index (χ0v) is 8.48. The van der Waals surface area contributed by atoms with Crippen molar-refractivity contribution in [2.75, 3.05) is 0 Å². The largest absolute Gasteiger partial charge is 0.389 e. The summed E-state index contributed by atoms with van der Waals surface area (Å²) >= 11 is 0. The lowest BCUT2D eigenvalue weighted by Crippen LogP contribution is -1.92. The second-order valence-corrected chi connectivity index (χ2v) is 4.00. The van der Waals surface area contributed by atoms with Crippen LogP contribution in [0, 0.1) is 0 Å². The van der Waals surface area contributed by atoms with Crippen molar-refractivity contribution in [2.45, 2.75) is 31.8 Å². The lowest BCUT2D eigenvalue weighted by Gasteiger charge is -2.03. The number of aliphatic hydroxyl groups is 1. The van der Waals surface area contributed by atoms with Gasteiger partial charge < -0.3 is 5.11 Å². The van der Waals surface area contributed by atoms with E-state index in [9.17, 15) is 5.11 Å². The minimum absolute atomic E-state index is 0.359. The van der Waals surface area contributed by atoms with E-state index in [0.29, 0.717) is 0 Å². The standard InChI is InChI=1S/C13H16O/c1-10(14)6-7-11-4-2-3-5-13(11)12-8-9-12/h2-7,10,12,14H,8-9H2,1H3/b7-6+. The first-order valence-corrected chi connectivity index (χ1v) is 5.22. The molecular weight excluding hydrogens is 172 g/mol. The van der Waals surface area contributed by atoms with Crippen LogP contribution in [0.2, 0.25) is 0 Å². The Labute approximate surface area is 85.1 Å². The van der Waals surface area contributed by atoms with Crippen molar-refractivity contribution in [3.05, 3.63) is 41.5 Å². The fourth-order valence-electron chi connectivity index (χ4n) is 1.67. The SMILES string of the molecule is CC(O)/C=C/c1ccccc1C1CC1.